The van der Waals surface area contributed by atoms with E-state index in [4.69, 9.17) is 5.73 Å². The fourth-order valence-corrected chi connectivity index (χ4v) is 2.76. The first kappa shape index (κ1) is 12.1. The molecular formula is C13H15NO2S. The van der Waals surface area contributed by atoms with Crippen LogP contribution in [0.15, 0.2) is 29.6 Å². The van der Waals surface area contributed by atoms with Crippen LogP contribution in [0.25, 0.3) is 10.1 Å². The van der Waals surface area contributed by atoms with Crippen LogP contribution in [-0.2, 0) is 4.79 Å². The molecule has 0 aliphatic carbocycles. The maximum atomic E-state index is 11.2. The van der Waals surface area contributed by atoms with Crippen LogP contribution >= 0.6 is 11.3 Å². The van der Waals surface area contributed by atoms with E-state index in [9.17, 15) is 9.90 Å². The van der Waals surface area contributed by atoms with Crippen molar-refractivity contribution in [2.24, 2.45) is 11.1 Å². The van der Waals surface area contributed by atoms with Crippen LogP contribution < -0.4 is 5.73 Å². The third-order valence-electron chi connectivity index (χ3n) is 3.17. The summed E-state index contributed by atoms with van der Waals surface area (Å²) in [6.45, 7) is 3.32. The number of carboxylic acid groups (broad SMARTS) is 1. The molecule has 0 aliphatic rings. The van der Waals surface area contributed by atoms with Crippen LogP contribution in [0.2, 0.25) is 0 Å². The molecule has 0 radical (unpaired) electrons. The summed E-state index contributed by atoms with van der Waals surface area (Å²) in [7, 11) is 0. The molecule has 1 aromatic heterocycles. The van der Waals surface area contributed by atoms with Gasteiger partial charge in [-0.05, 0) is 36.2 Å². The zero-order chi connectivity index (χ0) is 12.6. The Morgan fingerprint density at radius 1 is 1.41 bits per heavy atom. The second-order valence-electron chi connectivity index (χ2n) is 4.69. The maximum absolute atomic E-state index is 11.2. The Morgan fingerprint density at radius 2 is 2.06 bits per heavy atom. The molecule has 0 amide bonds. The number of carboxylic acids is 1. The number of aliphatic carboxylic acids is 1. The molecule has 1 unspecified atom stereocenters. The molecule has 3 nitrogen and oxygen atoms in total. The quantitative estimate of drug-likeness (QED) is 0.879. The third-order valence-corrected chi connectivity index (χ3v) is 4.16. The van der Waals surface area contributed by atoms with Crippen molar-refractivity contribution in [1.29, 1.82) is 0 Å². The van der Waals surface area contributed by atoms with Gasteiger partial charge in [0, 0.05) is 10.7 Å². The van der Waals surface area contributed by atoms with Gasteiger partial charge in [0.1, 0.15) is 0 Å². The highest BCUT2D eigenvalue weighted by atomic mass is 32.1. The normalized spacial score (nSPS) is 13.8. The van der Waals surface area contributed by atoms with Crippen molar-refractivity contribution in [3.8, 4) is 0 Å². The molecule has 3 N–H and O–H groups in total. The van der Waals surface area contributed by atoms with Crippen molar-refractivity contribution in [3.63, 3.8) is 0 Å². The van der Waals surface area contributed by atoms with Crippen molar-refractivity contribution in [2.75, 3.05) is 0 Å². The van der Waals surface area contributed by atoms with Gasteiger partial charge in [0.25, 0.3) is 0 Å². The zero-order valence-corrected chi connectivity index (χ0v) is 10.6. The van der Waals surface area contributed by atoms with Gasteiger partial charge < -0.3 is 10.8 Å². The summed E-state index contributed by atoms with van der Waals surface area (Å²) < 4.78 is 1.14. The van der Waals surface area contributed by atoms with E-state index in [1.165, 1.54) is 0 Å². The lowest BCUT2D eigenvalue weighted by molar-refractivity contribution is -0.148. The molecule has 90 valence electrons. The second kappa shape index (κ2) is 4.13. The van der Waals surface area contributed by atoms with Crippen molar-refractivity contribution >= 4 is 27.4 Å². The Bertz CT molecular complexity index is 559. The summed E-state index contributed by atoms with van der Waals surface area (Å²) in [6.07, 6.45) is 0. The number of thiophene rings is 1. The first-order chi connectivity index (χ1) is 7.94. The van der Waals surface area contributed by atoms with Crippen molar-refractivity contribution < 1.29 is 9.90 Å². The number of hydrogen-bond donors (Lipinski definition) is 2. The molecule has 0 saturated carbocycles. The zero-order valence-electron chi connectivity index (χ0n) is 9.81. The predicted octanol–water partition coefficient (Wildman–Crippen LogP) is 3.01. The first-order valence-corrected chi connectivity index (χ1v) is 6.27. The van der Waals surface area contributed by atoms with Gasteiger partial charge in [-0.1, -0.05) is 18.2 Å². The van der Waals surface area contributed by atoms with Gasteiger partial charge >= 0.3 is 5.97 Å². The van der Waals surface area contributed by atoms with Crippen LogP contribution in [0, 0.1) is 5.41 Å². The molecule has 0 saturated heterocycles. The SMILES string of the molecule is CC(C)(C(=O)O)C(N)c1csc2ccccc12. The lowest BCUT2D eigenvalue weighted by Crippen LogP contribution is -2.36. The monoisotopic (exact) mass is 249 g/mol. The summed E-state index contributed by atoms with van der Waals surface area (Å²) in [5.41, 5.74) is 6.06. The topological polar surface area (TPSA) is 63.3 Å². The van der Waals surface area contributed by atoms with Gasteiger partial charge in [0.15, 0.2) is 0 Å². The molecule has 17 heavy (non-hydrogen) atoms. The number of nitrogens with two attached hydrogens (primary N) is 1. The van der Waals surface area contributed by atoms with Crippen LogP contribution in [0.1, 0.15) is 25.5 Å². The van der Waals surface area contributed by atoms with E-state index in [1.807, 2.05) is 29.6 Å². The first-order valence-electron chi connectivity index (χ1n) is 5.39. The average molecular weight is 249 g/mol. The van der Waals surface area contributed by atoms with E-state index in [2.05, 4.69) is 0 Å². The van der Waals surface area contributed by atoms with E-state index in [0.29, 0.717) is 0 Å². The highest BCUT2D eigenvalue weighted by molar-refractivity contribution is 7.17. The number of fused-ring (bicyclic) bond motifs is 1. The number of carbonyl (C=O) groups is 1. The van der Waals surface area contributed by atoms with Gasteiger partial charge in [-0.25, -0.2) is 0 Å². The molecule has 4 heteroatoms. The summed E-state index contributed by atoms with van der Waals surface area (Å²) in [6, 6.07) is 7.41. The highest BCUT2D eigenvalue weighted by Crippen LogP contribution is 2.37. The van der Waals surface area contributed by atoms with Crippen molar-refractivity contribution in [3.05, 3.63) is 35.2 Å². The van der Waals surface area contributed by atoms with Gasteiger partial charge in [-0.3, -0.25) is 4.79 Å². The largest absolute Gasteiger partial charge is 0.481 e. The van der Waals surface area contributed by atoms with E-state index >= 15 is 0 Å². The fraction of sp³-hybridized carbons (Fsp3) is 0.308. The average Bonchev–Trinajstić information content (AvgIpc) is 2.71. The van der Waals surface area contributed by atoms with E-state index in [-0.39, 0.29) is 0 Å². The Kier molecular flexibility index (Phi) is 2.93. The summed E-state index contributed by atoms with van der Waals surface area (Å²) >= 11 is 1.60. The smallest absolute Gasteiger partial charge is 0.311 e. The molecule has 0 aliphatic heterocycles. The minimum absolute atomic E-state index is 0.504. The summed E-state index contributed by atoms with van der Waals surface area (Å²) in [5, 5.41) is 12.2. The van der Waals surface area contributed by atoms with E-state index < -0.39 is 17.4 Å². The Balaban J connectivity index is 2.50. The van der Waals surface area contributed by atoms with Crippen molar-refractivity contribution in [1.82, 2.24) is 0 Å². The van der Waals surface area contributed by atoms with Crippen LogP contribution in [-0.4, -0.2) is 11.1 Å². The minimum atomic E-state index is -0.968. The van der Waals surface area contributed by atoms with Gasteiger partial charge in [0.2, 0.25) is 0 Å². The molecule has 1 heterocycles. The molecule has 0 spiro atoms. The van der Waals surface area contributed by atoms with E-state index in [0.717, 1.165) is 15.6 Å². The number of rotatable bonds is 3. The van der Waals surface area contributed by atoms with Crippen molar-refractivity contribution in [2.45, 2.75) is 19.9 Å². The lowest BCUT2D eigenvalue weighted by Gasteiger charge is -2.26. The predicted molar refractivity (Wildman–Crippen MR) is 70.2 cm³/mol. The molecule has 2 rings (SSSR count). The molecule has 0 bridgehead atoms. The maximum Gasteiger partial charge on any atom is 0.311 e. The standard InChI is InChI=1S/C13H15NO2S/c1-13(2,12(15)16)11(14)9-7-17-10-6-4-3-5-8(9)10/h3-7,11H,14H2,1-2H3,(H,15,16). The summed E-state index contributed by atoms with van der Waals surface area (Å²) in [4.78, 5) is 11.2. The van der Waals surface area contributed by atoms with Gasteiger partial charge in [-0.2, -0.15) is 0 Å². The van der Waals surface area contributed by atoms with Gasteiger partial charge in [0.05, 0.1) is 5.41 Å². The third kappa shape index (κ3) is 1.94. The van der Waals surface area contributed by atoms with Crippen LogP contribution in [0.4, 0.5) is 0 Å². The van der Waals surface area contributed by atoms with Crippen LogP contribution in [0.3, 0.4) is 0 Å². The van der Waals surface area contributed by atoms with Crippen LogP contribution in [0.5, 0.6) is 0 Å². The lowest BCUT2D eigenvalue weighted by atomic mass is 9.81. The van der Waals surface area contributed by atoms with E-state index in [1.54, 1.807) is 25.2 Å². The molecule has 0 fully saturated rings. The Labute approximate surface area is 104 Å². The second-order valence-corrected chi connectivity index (χ2v) is 5.60. The number of benzene rings is 1. The Hall–Kier alpha value is -1.39. The molecule has 1 aromatic carbocycles. The molecular weight excluding hydrogens is 234 g/mol. The number of hydrogen-bond acceptors (Lipinski definition) is 3. The Morgan fingerprint density at radius 3 is 2.71 bits per heavy atom. The van der Waals surface area contributed by atoms with Gasteiger partial charge in [-0.15, -0.1) is 11.3 Å². The fourth-order valence-electron chi connectivity index (χ4n) is 1.76. The molecule has 1 atom stereocenters. The molecule has 2 aromatic rings. The summed E-state index contributed by atoms with van der Waals surface area (Å²) in [5.74, 6) is -0.875. The highest BCUT2D eigenvalue weighted by Gasteiger charge is 2.36. The minimum Gasteiger partial charge on any atom is -0.481 e.